The summed E-state index contributed by atoms with van der Waals surface area (Å²) in [6, 6.07) is 10.4. The Morgan fingerprint density at radius 1 is 1.18 bits per heavy atom. The quantitative estimate of drug-likeness (QED) is 0.752. The molecule has 1 aromatic rings. The largest absolute Gasteiger partial charge is 0.377 e. The average molecular weight is 236 g/mol. The lowest BCUT2D eigenvalue weighted by atomic mass is 10.2. The van der Waals surface area contributed by atoms with Gasteiger partial charge in [-0.2, -0.15) is 0 Å². The fourth-order valence-corrected chi connectivity index (χ4v) is 1.69. The van der Waals surface area contributed by atoms with E-state index in [1.54, 1.807) is 0 Å². The van der Waals surface area contributed by atoms with E-state index in [-0.39, 0.29) is 0 Å². The summed E-state index contributed by atoms with van der Waals surface area (Å²) in [5.74, 6) is 0. The van der Waals surface area contributed by atoms with E-state index >= 15 is 0 Å². The molecule has 96 valence electrons. The topological polar surface area (TPSA) is 38.5 Å². The van der Waals surface area contributed by atoms with Gasteiger partial charge in [0.15, 0.2) is 0 Å². The van der Waals surface area contributed by atoms with Crippen LogP contribution in [0.1, 0.15) is 20.3 Å². The normalized spacial score (nSPS) is 10.8. The summed E-state index contributed by atoms with van der Waals surface area (Å²) >= 11 is 0. The molecule has 0 aliphatic heterocycles. The Morgan fingerprint density at radius 3 is 2.47 bits per heavy atom. The molecule has 0 fully saturated rings. The number of anilines is 1. The maximum absolute atomic E-state index is 5.60. The maximum atomic E-state index is 5.60. The molecule has 0 saturated heterocycles. The van der Waals surface area contributed by atoms with E-state index in [0.29, 0.717) is 6.10 Å². The molecule has 0 aliphatic carbocycles. The van der Waals surface area contributed by atoms with Crippen LogP contribution in [-0.4, -0.2) is 32.3 Å². The molecule has 0 amide bonds. The first-order valence-electron chi connectivity index (χ1n) is 6.35. The third kappa shape index (κ3) is 5.71. The zero-order valence-electron chi connectivity index (χ0n) is 10.9. The van der Waals surface area contributed by atoms with Crippen molar-refractivity contribution in [2.75, 3.05) is 31.1 Å². The van der Waals surface area contributed by atoms with Crippen LogP contribution in [0.3, 0.4) is 0 Å². The molecule has 3 heteroatoms. The highest BCUT2D eigenvalue weighted by Crippen LogP contribution is 2.13. The number of nitrogens with zero attached hydrogens (tertiary/aromatic N) is 1. The van der Waals surface area contributed by atoms with E-state index in [4.69, 9.17) is 10.5 Å². The van der Waals surface area contributed by atoms with Gasteiger partial charge in [-0.15, -0.1) is 0 Å². The molecule has 0 aromatic heterocycles. The predicted molar refractivity (Wildman–Crippen MR) is 73.4 cm³/mol. The number of hydrogen-bond donors (Lipinski definition) is 1. The fraction of sp³-hybridized carbons (Fsp3) is 0.571. The van der Waals surface area contributed by atoms with Gasteiger partial charge in [0.05, 0.1) is 12.7 Å². The number of ether oxygens (including phenoxy) is 1. The SMILES string of the molecule is CC(C)OCCN(CCCN)c1ccccc1. The third-order valence-corrected chi connectivity index (χ3v) is 2.57. The maximum Gasteiger partial charge on any atom is 0.0645 e. The van der Waals surface area contributed by atoms with E-state index in [9.17, 15) is 0 Å². The highest BCUT2D eigenvalue weighted by Gasteiger charge is 2.05. The molecule has 3 nitrogen and oxygen atoms in total. The van der Waals surface area contributed by atoms with Crippen molar-refractivity contribution in [1.82, 2.24) is 0 Å². The Hall–Kier alpha value is -1.06. The predicted octanol–water partition coefficient (Wildman–Crippen LogP) is 2.27. The molecule has 1 aromatic carbocycles. The van der Waals surface area contributed by atoms with Crippen LogP contribution < -0.4 is 10.6 Å². The summed E-state index contributed by atoms with van der Waals surface area (Å²) in [5.41, 5.74) is 6.82. The van der Waals surface area contributed by atoms with Crippen molar-refractivity contribution in [3.63, 3.8) is 0 Å². The standard InChI is InChI=1S/C14H24N2O/c1-13(2)17-12-11-16(10-6-9-15)14-7-4-3-5-8-14/h3-5,7-8,13H,6,9-12,15H2,1-2H3. The Labute approximate surface area is 105 Å². The summed E-state index contributed by atoms with van der Waals surface area (Å²) in [6.07, 6.45) is 1.30. The monoisotopic (exact) mass is 236 g/mol. The highest BCUT2D eigenvalue weighted by atomic mass is 16.5. The summed E-state index contributed by atoms with van der Waals surface area (Å²) in [5, 5.41) is 0. The summed E-state index contributed by atoms with van der Waals surface area (Å²) < 4.78 is 5.60. The third-order valence-electron chi connectivity index (χ3n) is 2.57. The molecule has 0 unspecified atom stereocenters. The number of hydrogen-bond acceptors (Lipinski definition) is 3. The Bertz CT molecular complexity index is 288. The molecule has 0 heterocycles. The van der Waals surface area contributed by atoms with Gasteiger partial charge in [0.2, 0.25) is 0 Å². The Balaban J connectivity index is 2.48. The van der Waals surface area contributed by atoms with Crippen molar-refractivity contribution in [3.05, 3.63) is 30.3 Å². The average Bonchev–Trinajstić information content (AvgIpc) is 2.34. The van der Waals surface area contributed by atoms with Gasteiger partial charge in [-0.1, -0.05) is 18.2 Å². The first kappa shape index (κ1) is 14.0. The van der Waals surface area contributed by atoms with Crippen molar-refractivity contribution in [2.45, 2.75) is 26.4 Å². The number of para-hydroxylation sites is 1. The van der Waals surface area contributed by atoms with Crippen LogP contribution in [0.2, 0.25) is 0 Å². The van der Waals surface area contributed by atoms with Crippen molar-refractivity contribution >= 4 is 5.69 Å². The van der Waals surface area contributed by atoms with Crippen LogP contribution in [0.4, 0.5) is 5.69 Å². The molecule has 0 radical (unpaired) electrons. The number of benzene rings is 1. The minimum absolute atomic E-state index is 0.294. The first-order chi connectivity index (χ1) is 8.24. The molecular weight excluding hydrogens is 212 g/mol. The minimum Gasteiger partial charge on any atom is -0.377 e. The van der Waals surface area contributed by atoms with Crippen LogP contribution in [0.5, 0.6) is 0 Å². The van der Waals surface area contributed by atoms with Gasteiger partial charge in [0, 0.05) is 18.8 Å². The van der Waals surface area contributed by atoms with E-state index in [1.165, 1.54) is 5.69 Å². The molecule has 2 N–H and O–H groups in total. The van der Waals surface area contributed by atoms with E-state index < -0.39 is 0 Å². The molecule has 0 spiro atoms. The van der Waals surface area contributed by atoms with Crippen LogP contribution in [-0.2, 0) is 4.74 Å². The van der Waals surface area contributed by atoms with Crippen molar-refractivity contribution < 1.29 is 4.74 Å². The Morgan fingerprint density at radius 2 is 1.88 bits per heavy atom. The summed E-state index contributed by atoms with van der Waals surface area (Å²) in [4.78, 5) is 2.33. The highest BCUT2D eigenvalue weighted by molar-refractivity contribution is 5.45. The molecule has 17 heavy (non-hydrogen) atoms. The second-order valence-corrected chi connectivity index (χ2v) is 4.38. The van der Waals surface area contributed by atoms with Crippen molar-refractivity contribution in [2.24, 2.45) is 5.73 Å². The molecule has 0 aliphatic rings. The van der Waals surface area contributed by atoms with Crippen LogP contribution >= 0.6 is 0 Å². The van der Waals surface area contributed by atoms with Gasteiger partial charge in [-0.3, -0.25) is 0 Å². The molecule has 1 rings (SSSR count). The molecular formula is C14H24N2O. The van der Waals surface area contributed by atoms with Gasteiger partial charge < -0.3 is 15.4 Å². The van der Waals surface area contributed by atoms with Crippen LogP contribution in [0.25, 0.3) is 0 Å². The second-order valence-electron chi connectivity index (χ2n) is 4.38. The second kappa shape index (κ2) is 8.09. The van der Waals surface area contributed by atoms with Gasteiger partial charge in [0.1, 0.15) is 0 Å². The van der Waals surface area contributed by atoms with Gasteiger partial charge in [-0.05, 0) is 38.9 Å². The van der Waals surface area contributed by atoms with Gasteiger partial charge in [-0.25, -0.2) is 0 Å². The van der Waals surface area contributed by atoms with Crippen molar-refractivity contribution in [1.29, 1.82) is 0 Å². The Kier molecular flexibility index (Phi) is 6.67. The van der Waals surface area contributed by atoms with Gasteiger partial charge >= 0.3 is 0 Å². The minimum atomic E-state index is 0.294. The lowest BCUT2D eigenvalue weighted by Crippen LogP contribution is -2.30. The van der Waals surface area contributed by atoms with Crippen molar-refractivity contribution in [3.8, 4) is 0 Å². The lowest BCUT2D eigenvalue weighted by Gasteiger charge is -2.25. The lowest BCUT2D eigenvalue weighted by molar-refractivity contribution is 0.0840. The molecule has 0 saturated carbocycles. The fourth-order valence-electron chi connectivity index (χ4n) is 1.69. The van der Waals surface area contributed by atoms with Crippen LogP contribution in [0.15, 0.2) is 30.3 Å². The smallest absolute Gasteiger partial charge is 0.0645 e. The molecule has 0 bridgehead atoms. The molecule has 0 atom stereocenters. The number of rotatable bonds is 8. The van der Waals surface area contributed by atoms with Crippen LogP contribution in [0, 0.1) is 0 Å². The summed E-state index contributed by atoms with van der Waals surface area (Å²) in [6.45, 7) is 7.52. The number of nitrogens with two attached hydrogens (primary N) is 1. The van der Waals surface area contributed by atoms with E-state index in [0.717, 1.165) is 32.7 Å². The zero-order chi connectivity index (χ0) is 12.5. The van der Waals surface area contributed by atoms with E-state index in [1.807, 2.05) is 6.07 Å². The zero-order valence-corrected chi connectivity index (χ0v) is 10.9. The van der Waals surface area contributed by atoms with Gasteiger partial charge in [0.25, 0.3) is 0 Å². The van der Waals surface area contributed by atoms with E-state index in [2.05, 4.69) is 43.0 Å². The summed E-state index contributed by atoms with van der Waals surface area (Å²) in [7, 11) is 0. The first-order valence-corrected chi connectivity index (χ1v) is 6.35.